The molecule has 2 saturated heterocycles. The maximum atomic E-state index is 11.9. The van der Waals surface area contributed by atoms with Gasteiger partial charge >= 0.3 is 0 Å². The van der Waals surface area contributed by atoms with Gasteiger partial charge in [-0.3, -0.25) is 0 Å². The summed E-state index contributed by atoms with van der Waals surface area (Å²) >= 11 is 4.12. The molecule has 3 aromatic carbocycles. The van der Waals surface area contributed by atoms with E-state index in [2.05, 4.69) is 112 Å². The third kappa shape index (κ3) is 8.88. The van der Waals surface area contributed by atoms with Crippen LogP contribution in [0.3, 0.4) is 0 Å². The van der Waals surface area contributed by atoms with Crippen molar-refractivity contribution in [2.24, 2.45) is 5.92 Å². The molecule has 1 N–H and O–H groups in total. The number of hydrogen-bond acceptors (Lipinski definition) is 7. The predicted molar refractivity (Wildman–Crippen MR) is 201 cm³/mol. The first-order valence-electron chi connectivity index (χ1n) is 17.3. The summed E-state index contributed by atoms with van der Waals surface area (Å²) in [5, 5.41) is 14.4. The Morgan fingerprint density at radius 3 is 2.11 bits per heavy atom. The lowest BCUT2D eigenvalue weighted by atomic mass is 9.94. The van der Waals surface area contributed by atoms with Crippen LogP contribution < -0.4 is 15.1 Å². The lowest BCUT2D eigenvalue weighted by Crippen LogP contribution is -2.67. The van der Waals surface area contributed by atoms with Gasteiger partial charge in [-0.05, 0) is 77.6 Å². The predicted octanol–water partition coefficient (Wildman–Crippen LogP) is 8.20. The molecule has 0 unspecified atom stereocenters. The fraction of sp³-hybridized carbons (Fsp3) is 0.538. The Bertz CT molecular complexity index is 1310. The summed E-state index contributed by atoms with van der Waals surface area (Å²) in [6.45, 7) is 10.3. The van der Waals surface area contributed by atoms with E-state index in [0.29, 0.717) is 13.2 Å². The summed E-state index contributed by atoms with van der Waals surface area (Å²) in [4.78, 5) is 0. The maximum absolute atomic E-state index is 11.9. The van der Waals surface area contributed by atoms with Gasteiger partial charge in [-0.1, -0.05) is 100 Å². The van der Waals surface area contributed by atoms with Gasteiger partial charge in [0, 0.05) is 18.1 Å². The molecule has 5 rings (SSSR count). The Morgan fingerprint density at radius 1 is 0.936 bits per heavy atom. The molecule has 0 spiro atoms. The van der Waals surface area contributed by atoms with Gasteiger partial charge in [-0.15, -0.1) is 23.5 Å². The summed E-state index contributed by atoms with van der Waals surface area (Å²) in [5.41, 5.74) is 1.03. The summed E-state index contributed by atoms with van der Waals surface area (Å²) in [6, 6.07) is 29.6. The Morgan fingerprint density at radius 2 is 1.55 bits per heavy atom. The molecular formula is C39H54O5S2Si. The minimum Gasteiger partial charge on any atom is -0.497 e. The van der Waals surface area contributed by atoms with Crippen LogP contribution in [0.15, 0.2) is 84.9 Å². The quantitative estimate of drug-likeness (QED) is 0.161. The number of thioether (sulfide) groups is 2. The molecule has 256 valence electrons. The average molecular weight is 695 g/mol. The maximum Gasteiger partial charge on any atom is 0.261 e. The van der Waals surface area contributed by atoms with Crippen LogP contribution in [0.4, 0.5) is 0 Å². The molecule has 2 heterocycles. The third-order valence-corrected chi connectivity index (χ3v) is 18.3. The largest absolute Gasteiger partial charge is 0.497 e. The van der Waals surface area contributed by atoms with E-state index in [1.807, 2.05) is 24.3 Å². The monoisotopic (exact) mass is 694 g/mol. The normalized spacial score (nSPS) is 21.3. The van der Waals surface area contributed by atoms with Crippen LogP contribution in [0.1, 0.15) is 78.1 Å². The first-order valence-corrected chi connectivity index (χ1v) is 21.2. The van der Waals surface area contributed by atoms with Crippen molar-refractivity contribution in [3.63, 3.8) is 0 Å². The molecule has 0 amide bonds. The summed E-state index contributed by atoms with van der Waals surface area (Å²) in [7, 11) is -0.994. The first-order chi connectivity index (χ1) is 22.7. The zero-order valence-electron chi connectivity index (χ0n) is 28.9. The highest BCUT2D eigenvalue weighted by molar-refractivity contribution is 8.18. The van der Waals surface area contributed by atoms with E-state index in [4.69, 9.17) is 18.6 Å². The number of aliphatic hydroxyl groups is 1. The Labute approximate surface area is 292 Å². The van der Waals surface area contributed by atoms with Crippen molar-refractivity contribution in [3.8, 4) is 5.75 Å². The van der Waals surface area contributed by atoms with Crippen molar-refractivity contribution in [2.45, 2.75) is 93.8 Å². The Balaban J connectivity index is 1.23. The second-order valence-corrected chi connectivity index (χ2v) is 21.5. The third-order valence-electron chi connectivity index (χ3n) is 9.76. The molecule has 5 nitrogen and oxygen atoms in total. The molecule has 2 fully saturated rings. The van der Waals surface area contributed by atoms with Gasteiger partial charge in [0.25, 0.3) is 8.32 Å². The first kappa shape index (κ1) is 36.5. The SMILES string of the molecule is CC[C@H](CO[Si](c1ccccc1)(c1ccccc1)C(C)(C)C)[C@H](O)CC1(CCC[C@H]2CO[C@@H](c3ccc(OC)cc3)O2)SCCCS1. The molecule has 4 atom stereocenters. The van der Waals surface area contributed by atoms with Crippen molar-refractivity contribution in [2.75, 3.05) is 31.8 Å². The van der Waals surface area contributed by atoms with Crippen LogP contribution in [-0.2, 0) is 13.9 Å². The molecule has 2 aliphatic heterocycles. The van der Waals surface area contributed by atoms with Gasteiger partial charge in [0.05, 0.1) is 30.0 Å². The molecule has 3 aromatic rings. The summed E-state index contributed by atoms with van der Waals surface area (Å²) in [5.74, 6) is 3.20. The fourth-order valence-corrected chi connectivity index (χ4v) is 15.2. The zero-order valence-corrected chi connectivity index (χ0v) is 31.5. The van der Waals surface area contributed by atoms with Gasteiger partial charge in [0.2, 0.25) is 0 Å². The second-order valence-electron chi connectivity index (χ2n) is 14.0. The second kappa shape index (κ2) is 16.7. The van der Waals surface area contributed by atoms with Crippen LogP contribution in [0, 0.1) is 5.92 Å². The smallest absolute Gasteiger partial charge is 0.261 e. The van der Waals surface area contributed by atoms with Crippen molar-refractivity contribution in [1.29, 1.82) is 0 Å². The Hall–Kier alpha value is -1.78. The molecule has 2 aliphatic rings. The van der Waals surface area contributed by atoms with Crippen LogP contribution in [0.5, 0.6) is 5.75 Å². The molecule has 0 radical (unpaired) electrons. The van der Waals surface area contributed by atoms with Gasteiger partial charge < -0.3 is 23.7 Å². The summed E-state index contributed by atoms with van der Waals surface area (Å²) < 4.78 is 24.9. The van der Waals surface area contributed by atoms with Crippen molar-refractivity contribution >= 4 is 42.2 Å². The highest BCUT2D eigenvalue weighted by atomic mass is 32.2. The number of benzene rings is 3. The molecule has 0 bridgehead atoms. The summed E-state index contributed by atoms with van der Waals surface area (Å²) in [6.07, 6.45) is 5.29. The lowest BCUT2D eigenvalue weighted by molar-refractivity contribution is -0.0614. The highest BCUT2D eigenvalue weighted by Crippen LogP contribution is 2.50. The van der Waals surface area contributed by atoms with E-state index in [9.17, 15) is 5.11 Å². The van der Waals surface area contributed by atoms with Gasteiger partial charge in [-0.2, -0.15) is 0 Å². The van der Waals surface area contributed by atoms with Crippen molar-refractivity contribution in [3.05, 3.63) is 90.5 Å². The van der Waals surface area contributed by atoms with Crippen LogP contribution in [0.25, 0.3) is 0 Å². The van der Waals surface area contributed by atoms with Crippen LogP contribution in [-0.4, -0.2) is 61.5 Å². The van der Waals surface area contributed by atoms with E-state index in [0.717, 1.165) is 54.9 Å². The van der Waals surface area contributed by atoms with Crippen molar-refractivity contribution < 1.29 is 23.7 Å². The number of methoxy groups -OCH3 is 1. The molecule has 8 heteroatoms. The van der Waals surface area contributed by atoms with Crippen LogP contribution >= 0.6 is 23.5 Å². The van der Waals surface area contributed by atoms with Gasteiger partial charge in [0.1, 0.15) is 5.75 Å². The Kier molecular flexibility index (Phi) is 13.0. The van der Waals surface area contributed by atoms with Gasteiger partial charge in [-0.25, -0.2) is 0 Å². The highest BCUT2D eigenvalue weighted by Gasteiger charge is 2.50. The fourth-order valence-electron chi connectivity index (χ4n) is 7.10. The van der Waals surface area contributed by atoms with E-state index < -0.39 is 14.4 Å². The standard InChI is InChI=1S/C39H54O5S2Si/c1-6-30(28-43-47(38(2,3)4,34-16-9-7-10-17-34)35-18-11-8-12-19-35)36(40)27-39(45-25-14-26-46-39)24-13-15-33-29-42-37(44-33)31-20-22-32(41-5)23-21-31/h7-12,16-23,30,33,36-37,40H,6,13-15,24-29H2,1-5H3/t30-,33+,36-,37-/m1/s1. The van der Waals surface area contributed by atoms with E-state index in [-0.39, 0.29) is 27.4 Å². The van der Waals surface area contributed by atoms with E-state index in [1.165, 1.54) is 16.8 Å². The molecule has 0 aliphatic carbocycles. The van der Waals surface area contributed by atoms with Crippen LogP contribution in [0.2, 0.25) is 5.04 Å². The number of hydrogen-bond donors (Lipinski definition) is 1. The molecule has 0 saturated carbocycles. The number of rotatable bonds is 15. The molecule has 0 aromatic heterocycles. The lowest BCUT2D eigenvalue weighted by Gasteiger charge is -2.44. The molecular weight excluding hydrogens is 641 g/mol. The average Bonchev–Trinajstić information content (AvgIpc) is 3.56. The topological polar surface area (TPSA) is 57.2 Å². The number of ether oxygens (including phenoxy) is 3. The minimum atomic E-state index is -2.67. The van der Waals surface area contributed by atoms with Gasteiger partial charge in [0.15, 0.2) is 6.29 Å². The van der Waals surface area contributed by atoms with E-state index >= 15 is 0 Å². The van der Waals surface area contributed by atoms with E-state index in [1.54, 1.807) is 7.11 Å². The molecule has 47 heavy (non-hydrogen) atoms. The zero-order chi connectivity index (χ0) is 33.3. The minimum absolute atomic E-state index is 0.0112. The number of aliphatic hydroxyl groups excluding tert-OH is 1. The van der Waals surface area contributed by atoms with Crippen molar-refractivity contribution in [1.82, 2.24) is 0 Å².